The van der Waals surface area contributed by atoms with E-state index in [0.29, 0.717) is 33.7 Å². The van der Waals surface area contributed by atoms with Crippen molar-refractivity contribution in [1.82, 2.24) is 0 Å². The Kier molecular flexibility index (Phi) is 4.27. The van der Waals surface area contributed by atoms with Crippen molar-refractivity contribution in [3.05, 3.63) is 42.0 Å². The maximum Gasteiger partial charge on any atom is 0.182 e. The van der Waals surface area contributed by atoms with Crippen LogP contribution in [0.1, 0.15) is 58.8 Å². The third-order valence-corrected chi connectivity index (χ3v) is 12.7. The van der Waals surface area contributed by atoms with Gasteiger partial charge in [0, 0.05) is 12.5 Å². The van der Waals surface area contributed by atoms with E-state index in [-0.39, 0.29) is 11.2 Å². The van der Waals surface area contributed by atoms with Crippen LogP contribution in [0, 0.1) is 39.9 Å². The molecule has 3 nitrogen and oxygen atoms in total. The van der Waals surface area contributed by atoms with E-state index < -0.39 is 9.84 Å². The molecule has 1 aromatic carbocycles. The Labute approximate surface area is 187 Å². The Bertz CT molecular complexity index is 1030. The van der Waals surface area contributed by atoms with Crippen molar-refractivity contribution in [2.24, 2.45) is 39.9 Å². The summed E-state index contributed by atoms with van der Waals surface area (Å²) in [5.74, 6) is 3.08. The fraction of sp³-hybridized carbons (Fsp3) is 0.704. The highest BCUT2D eigenvalue weighted by Gasteiger charge is 2.77. The maximum absolute atomic E-state index is 13.2. The van der Waals surface area contributed by atoms with Crippen LogP contribution in [0.4, 0.5) is 0 Å². The Morgan fingerprint density at radius 1 is 1.06 bits per heavy atom. The topological polar surface area (TPSA) is 43.4 Å². The summed E-state index contributed by atoms with van der Waals surface area (Å²) in [4.78, 5) is 0.453. The number of hydrogen-bond donors (Lipinski definition) is 0. The Morgan fingerprint density at radius 2 is 1.84 bits per heavy atom. The average molecular weight is 441 g/mol. The highest BCUT2D eigenvalue weighted by Crippen LogP contribution is 2.81. The number of allylic oxidation sites excluding steroid dienone is 1. The molecule has 5 aliphatic rings. The molecule has 0 N–H and O–H groups in total. The number of methoxy groups -OCH3 is 1. The van der Waals surface area contributed by atoms with Crippen LogP contribution in [-0.2, 0) is 14.6 Å². The zero-order valence-corrected chi connectivity index (χ0v) is 20.0. The number of hydrogen-bond acceptors (Lipinski definition) is 3. The van der Waals surface area contributed by atoms with Crippen LogP contribution in [0.15, 0.2) is 46.9 Å². The van der Waals surface area contributed by atoms with Crippen molar-refractivity contribution >= 4 is 9.84 Å². The van der Waals surface area contributed by atoms with E-state index in [2.05, 4.69) is 19.9 Å². The summed E-state index contributed by atoms with van der Waals surface area (Å²) in [5, 5.41) is 0. The summed E-state index contributed by atoms with van der Waals surface area (Å²) in [6.45, 7) is 4.96. The normalized spacial score (nSPS) is 47.7. The maximum atomic E-state index is 13.2. The molecular formula is C27H36O3S. The molecule has 1 aromatic rings. The molecule has 0 aliphatic heterocycles. The van der Waals surface area contributed by atoms with Crippen LogP contribution >= 0.6 is 0 Å². The molecule has 6 rings (SSSR count). The molecule has 1 spiro atoms. The minimum absolute atomic E-state index is 0.0176. The summed E-state index contributed by atoms with van der Waals surface area (Å²) in [7, 11) is -1.37. The van der Waals surface area contributed by atoms with Gasteiger partial charge >= 0.3 is 0 Å². The highest BCUT2D eigenvalue weighted by molar-refractivity contribution is 7.91. The fourth-order valence-corrected chi connectivity index (χ4v) is 11.0. The first-order valence-corrected chi connectivity index (χ1v) is 13.9. The van der Waals surface area contributed by atoms with Crippen LogP contribution in [-0.4, -0.2) is 27.4 Å². The average Bonchev–Trinajstić information content (AvgIpc) is 3.30. The number of fused-ring (bicyclic) bond motifs is 4. The number of benzene rings is 1. The fourth-order valence-electron chi connectivity index (χ4n) is 9.37. The highest BCUT2D eigenvalue weighted by atomic mass is 32.2. The van der Waals surface area contributed by atoms with E-state index in [0.717, 1.165) is 24.7 Å². The van der Waals surface area contributed by atoms with Crippen molar-refractivity contribution < 1.29 is 13.2 Å². The third kappa shape index (κ3) is 2.52. The van der Waals surface area contributed by atoms with E-state index >= 15 is 0 Å². The van der Waals surface area contributed by atoms with Crippen LogP contribution in [0.25, 0.3) is 0 Å². The number of rotatable bonds is 4. The van der Waals surface area contributed by atoms with Crippen molar-refractivity contribution in [2.75, 3.05) is 12.9 Å². The summed E-state index contributed by atoms with van der Waals surface area (Å²) in [6, 6.07) is 8.99. The van der Waals surface area contributed by atoms with Crippen molar-refractivity contribution in [2.45, 2.75) is 69.8 Å². The Morgan fingerprint density at radius 3 is 2.55 bits per heavy atom. The van der Waals surface area contributed by atoms with Gasteiger partial charge in [0.25, 0.3) is 0 Å². The lowest BCUT2D eigenvalue weighted by Crippen LogP contribution is -2.56. The van der Waals surface area contributed by atoms with E-state index in [9.17, 15) is 8.42 Å². The Balaban J connectivity index is 1.30. The van der Waals surface area contributed by atoms with Gasteiger partial charge in [-0.15, -0.1) is 0 Å². The third-order valence-electron chi connectivity index (χ3n) is 11.0. The first-order valence-electron chi connectivity index (χ1n) is 12.3. The molecule has 0 amide bonds. The second kappa shape index (κ2) is 6.47. The van der Waals surface area contributed by atoms with Gasteiger partial charge < -0.3 is 4.74 Å². The molecule has 5 aliphatic carbocycles. The molecule has 0 saturated heterocycles. The van der Waals surface area contributed by atoms with E-state index in [1.54, 1.807) is 12.1 Å². The lowest BCUT2D eigenvalue weighted by Gasteiger charge is -2.60. The standard InChI is InChI=1S/C27H36O3S/c1-25-13-12-23-21(15-24(30-3)27-16-18(27)11-14-26(23,27)2)22(25)10-9-19(25)17-31(28,29)20-7-5-4-6-8-20/h4-9,18,21-24H,10-17H2,1-3H3/t18-,21+,22+,23+,24-,25-,26-,27+/m1/s1. The van der Waals surface area contributed by atoms with Crippen LogP contribution in [0.3, 0.4) is 0 Å². The number of ether oxygens (including phenoxy) is 1. The SMILES string of the molecule is CO[C@@H]1C[C@H]2[C@@H]3CC=C(CS(=O)(=O)c4ccccc4)[C@@]3(C)CC[C@@H]2[C@@]2(C)CC[C@@H]3C[C@]312. The molecule has 168 valence electrons. The second-order valence-electron chi connectivity index (χ2n) is 11.7. The lowest BCUT2D eigenvalue weighted by molar-refractivity contribution is -0.152. The molecule has 4 heteroatoms. The predicted octanol–water partition coefficient (Wildman–Crippen LogP) is 5.66. The molecule has 31 heavy (non-hydrogen) atoms. The molecule has 0 radical (unpaired) electrons. The van der Waals surface area contributed by atoms with Crippen LogP contribution in [0.2, 0.25) is 0 Å². The summed E-state index contributed by atoms with van der Waals surface area (Å²) in [5.41, 5.74) is 2.06. The van der Waals surface area contributed by atoms with Crippen LogP contribution in [0.5, 0.6) is 0 Å². The zero-order valence-electron chi connectivity index (χ0n) is 19.1. The molecule has 4 fully saturated rings. The largest absolute Gasteiger partial charge is 0.381 e. The molecule has 4 saturated carbocycles. The van der Waals surface area contributed by atoms with Gasteiger partial charge in [0.2, 0.25) is 0 Å². The Hall–Kier alpha value is -1.13. The predicted molar refractivity (Wildman–Crippen MR) is 122 cm³/mol. The molecule has 0 heterocycles. The summed E-state index contributed by atoms with van der Waals surface area (Å²) >= 11 is 0. The van der Waals surface area contributed by atoms with Crippen LogP contribution < -0.4 is 0 Å². The molecule has 8 atom stereocenters. The van der Waals surface area contributed by atoms with Gasteiger partial charge in [0.15, 0.2) is 9.84 Å². The lowest BCUT2D eigenvalue weighted by atomic mass is 9.45. The van der Waals surface area contributed by atoms with Crippen molar-refractivity contribution in [3.8, 4) is 0 Å². The molecule has 0 aromatic heterocycles. The van der Waals surface area contributed by atoms with Gasteiger partial charge in [0.1, 0.15) is 0 Å². The zero-order chi connectivity index (χ0) is 21.6. The van der Waals surface area contributed by atoms with Crippen molar-refractivity contribution in [3.63, 3.8) is 0 Å². The van der Waals surface area contributed by atoms with Gasteiger partial charge in [-0.05, 0) is 91.6 Å². The van der Waals surface area contributed by atoms with E-state index in [1.807, 2.05) is 25.3 Å². The first kappa shape index (κ1) is 20.5. The molecule has 0 bridgehead atoms. The molecular weight excluding hydrogens is 404 g/mol. The van der Waals surface area contributed by atoms with Gasteiger partial charge in [0.05, 0.1) is 16.8 Å². The quantitative estimate of drug-likeness (QED) is 0.567. The van der Waals surface area contributed by atoms with Gasteiger partial charge in [-0.1, -0.05) is 43.7 Å². The smallest absolute Gasteiger partial charge is 0.182 e. The van der Waals surface area contributed by atoms with E-state index in [4.69, 9.17) is 4.74 Å². The second-order valence-corrected chi connectivity index (χ2v) is 13.7. The number of sulfone groups is 1. The summed E-state index contributed by atoms with van der Waals surface area (Å²) < 4.78 is 32.5. The van der Waals surface area contributed by atoms with Gasteiger partial charge in [-0.25, -0.2) is 8.42 Å². The van der Waals surface area contributed by atoms with Gasteiger partial charge in [-0.2, -0.15) is 0 Å². The minimum atomic E-state index is -3.30. The monoisotopic (exact) mass is 440 g/mol. The molecule has 0 unspecified atom stereocenters. The van der Waals surface area contributed by atoms with Gasteiger partial charge in [-0.3, -0.25) is 0 Å². The first-order chi connectivity index (χ1) is 14.8. The van der Waals surface area contributed by atoms with Crippen molar-refractivity contribution in [1.29, 1.82) is 0 Å². The summed E-state index contributed by atoms with van der Waals surface area (Å²) in [6.07, 6.45) is 11.4. The van der Waals surface area contributed by atoms with E-state index in [1.165, 1.54) is 37.7 Å². The minimum Gasteiger partial charge on any atom is -0.381 e.